The topological polar surface area (TPSA) is 58.6 Å². The zero-order chi connectivity index (χ0) is 15.2. The van der Waals surface area contributed by atoms with Crippen molar-refractivity contribution >= 4 is 5.91 Å². The van der Waals surface area contributed by atoms with Gasteiger partial charge >= 0.3 is 6.18 Å². The normalized spacial score (nSPS) is 16.4. The van der Waals surface area contributed by atoms with Crippen LogP contribution in [0.1, 0.15) is 27.2 Å². The quantitative estimate of drug-likeness (QED) is 0.579. The Kier molecular flexibility index (Phi) is 7.07. The highest BCUT2D eigenvalue weighted by molar-refractivity contribution is 5.88. The second-order valence-electron chi connectivity index (χ2n) is 4.61. The van der Waals surface area contributed by atoms with Gasteiger partial charge in [-0.25, -0.2) is 0 Å². The molecule has 0 heterocycles. The summed E-state index contributed by atoms with van der Waals surface area (Å²) in [6.45, 7) is 4.40. The van der Waals surface area contributed by atoms with E-state index in [1.165, 1.54) is 7.11 Å². The number of halogens is 3. The van der Waals surface area contributed by atoms with Gasteiger partial charge in [0, 0.05) is 31.2 Å². The molecule has 0 saturated carbocycles. The van der Waals surface area contributed by atoms with Crippen molar-refractivity contribution in [3.05, 3.63) is 11.6 Å². The molecule has 0 aromatic heterocycles. The fraction of sp³-hybridized carbons (Fsp3) is 0.750. The van der Waals surface area contributed by atoms with Crippen LogP contribution in [-0.2, 0) is 9.53 Å². The van der Waals surface area contributed by atoms with Crippen molar-refractivity contribution in [2.75, 3.05) is 7.11 Å². The van der Waals surface area contributed by atoms with Crippen molar-refractivity contribution in [2.24, 2.45) is 5.92 Å². The minimum atomic E-state index is -4.52. The maximum Gasteiger partial charge on any atom is 0.412 e. The van der Waals surface area contributed by atoms with Crippen LogP contribution in [0, 0.1) is 5.92 Å². The predicted octanol–water partition coefficient (Wildman–Crippen LogP) is 1.99. The molecule has 7 heteroatoms. The van der Waals surface area contributed by atoms with Crippen molar-refractivity contribution in [1.29, 1.82) is 0 Å². The molecule has 0 aromatic rings. The first-order valence-electron chi connectivity index (χ1n) is 5.84. The lowest BCUT2D eigenvalue weighted by atomic mass is 10.0. The zero-order valence-corrected chi connectivity index (χ0v) is 11.4. The van der Waals surface area contributed by atoms with Gasteiger partial charge in [-0.15, -0.1) is 0 Å². The summed E-state index contributed by atoms with van der Waals surface area (Å²) < 4.78 is 41.4. The number of methoxy groups -OCH3 is 1. The van der Waals surface area contributed by atoms with E-state index >= 15 is 0 Å². The van der Waals surface area contributed by atoms with Gasteiger partial charge in [0.25, 0.3) is 0 Å². The highest BCUT2D eigenvalue weighted by Crippen LogP contribution is 2.24. The number of allylic oxidation sites excluding steroid dienone is 1. The molecule has 0 aliphatic heterocycles. The molecule has 112 valence electrons. The van der Waals surface area contributed by atoms with E-state index < -0.39 is 30.0 Å². The average molecular weight is 283 g/mol. The van der Waals surface area contributed by atoms with Gasteiger partial charge < -0.3 is 15.2 Å². The highest BCUT2D eigenvalue weighted by Gasteiger charge is 2.31. The van der Waals surface area contributed by atoms with Gasteiger partial charge in [-0.3, -0.25) is 4.79 Å². The summed E-state index contributed by atoms with van der Waals surface area (Å²) in [5.41, 5.74) is -0.972. The van der Waals surface area contributed by atoms with Crippen LogP contribution in [0.15, 0.2) is 11.6 Å². The molecule has 0 spiro atoms. The van der Waals surface area contributed by atoms with Crippen LogP contribution in [-0.4, -0.2) is 36.6 Å². The van der Waals surface area contributed by atoms with E-state index in [9.17, 15) is 23.1 Å². The third-order valence-electron chi connectivity index (χ3n) is 2.65. The molecule has 0 fully saturated rings. The number of alkyl halides is 3. The Morgan fingerprint density at radius 2 is 1.95 bits per heavy atom. The summed E-state index contributed by atoms with van der Waals surface area (Å²) in [6, 6.07) is -0.472. The van der Waals surface area contributed by atoms with Crippen LogP contribution in [0.25, 0.3) is 0 Å². The number of aliphatic hydroxyl groups is 1. The van der Waals surface area contributed by atoms with Gasteiger partial charge in [0.05, 0.1) is 0 Å². The molecule has 2 N–H and O–H groups in total. The van der Waals surface area contributed by atoms with E-state index in [1.807, 2.05) is 0 Å². The fourth-order valence-electron chi connectivity index (χ4n) is 1.31. The molecule has 1 amide bonds. The average Bonchev–Trinajstić information content (AvgIpc) is 2.26. The van der Waals surface area contributed by atoms with E-state index in [0.717, 1.165) is 6.92 Å². The third-order valence-corrected chi connectivity index (χ3v) is 2.65. The lowest BCUT2D eigenvalue weighted by Gasteiger charge is -2.24. The van der Waals surface area contributed by atoms with Crippen LogP contribution in [0.2, 0.25) is 0 Å². The monoisotopic (exact) mass is 283 g/mol. The lowest BCUT2D eigenvalue weighted by Crippen LogP contribution is -2.40. The lowest BCUT2D eigenvalue weighted by molar-refractivity contribution is -0.120. The minimum Gasteiger partial charge on any atom is -0.368 e. The predicted molar refractivity (Wildman–Crippen MR) is 64.2 cm³/mol. The molecule has 0 saturated heterocycles. The second kappa shape index (κ2) is 7.49. The van der Waals surface area contributed by atoms with E-state index in [0.29, 0.717) is 6.08 Å². The van der Waals surface area contributed by atoms with Crippen LogP contribution in [0.3, 0.4) is 0 Å². The fourth-order valence-corrected chi connectivity index (χ4v) is 1.31. The Hall–Kier alpha value is -1.08. The molecular weight excluding hydrogens is 263 g/mol. The Bertz CT molecular complexity index is 327. The molecular formula is C12H20F3NO3. The SMILES string of the molecule is COC(O)CC(NC(=O)/C=C(\C)C(F)(F)F)C(C)C. The number of rotatable bonds is 6. The van der Waals surface area contributed by atoms with Gasteiger partial charge in [-0.1, -0.05) is 13.8 Å². The van der Waals surface area contributed by atoms with Gasteiger partial charge in [0.1, 0.15) is 0 Å². The van der Waals surface area contributed by atoms with E-state index in [-0.39, 0.29) is 12.3 Å². The summed E-state index contributed by atoms with van der Waals surface area (Å²) >= 11 is 0. The number of carbonyl (C=O) groups is 1. The molecule has 19 heavy (non-hydrogen) atoms. The van der Waals surface area contributed by atoms with Crippen molar-refractivity contribution in [2.45, 2.75) is 45.7 Å². The molecule has 0 aromatic carbocycles. The van der Waals surface area contributed by atoms with Crippen molar-refractivity contribution in [1.82, 2.24) is 5.32 Å². The zero-order valence-electron chi connectivity index (χ0n) is 11.4. The highest BCUT2D eigenvalue weighted by atomic mass is 19.4. The minimum absolute atomic E-state index is 0.0478. The molecule has 0 aliphatic carbocycles. The maximum atomic E-state index is 12.3. The van der Waals surface area contributed by atoms with Crippen molar-refractivity contribution in [3.63, 3.8) is 0 Å². The maximum absolute atomic E-state index is 12.3. The Labute approximate surface area is 110 Å². The largest absolute Gasteiger partial charge is 0.412 e. The third kappa shape index (κ3) is 7.17. The van der Waals surface area contributed by atoms with Crippen LogP contribution in [0.4, 0.5) is 13.2 Å². The standard InChI is InChI=1S/C12H20F3NO3/c1-7(2)9(6-11(18)19-4)16-10(17)5-8(3)12(13,14)15/h5,7,9,11,18H,6H2,1-4H3,(H,16,17)/b8-5+. The summed E-state index contributed by atoms with van der Waals surface area (Å²) in [7, 11) is 1.30. The summed E-state index contributed by atoms with van der Waals surface area (Å²) in [5.74, 6) is -0.884. The Balaban J connectivity index is 4.65. The molecule has 0 radical (unpaired) electrons. The number of aliphatic hydroxyl groups excluding tert-OH is 1. The number of nitrogens with one attached hydrogen (secondary N) is 1. The number of ether oxygens (including phenoxy) is 1. The van der Waals surface area contributed by atoms with E-state index in [2.05, 4.69) is 10.1 Å². The first kappa shape index (κ1) is 17.9. The first-order valence-corrected chi connectivity index (χ1v) is 5.84. The molecule has 0 rings (SSSR count). The van der Waals surface area contributed by atoms with Gasteiger partial charge in [-0.2, -0.15) is 13.2 Å². The second-order valence-corrected chi connectivity index (χ2v) is 4.61. The molecule has 0 bridgehead atoms. The molecule has 2 atom stereocenters. The molecule has 0 aliphatic rings. The summed E-state index contributed by atoms with van der Waals surface area (Å²) in [4.78, 5) is 11.5. The Morgan fingerprint density at radius 3 is 2.32 bits per heavy atom. The van der Waals surface area contributed by atoms with Crippen LogP contribution < -0.4 is 5.32 Å². The van der Waals surface area contributed by atoms with Gasteiger partial charge in [0.2, 0.25) is 5.91 Å². The number of hydrogen-bond donors (Lipinski definition) is 2. The van der Waals surface area contributed by atoms with E-state index in [4.69, 9.17) is 0 Å². The Morgan fingerprint density at radius 1 is 1.42 bits per heavy atom. The van der Waals surface area contributed by atoms with Crippen molar-refractivity contribution < 1.29 is 27.8 Å². The number of hydrogen-bond acceptors (Lipinski definition) is 3. The molecule has 2 unspecified atom stereocenters. The van der Waals surface area contributed by atoms with Gasteiger partial charge in [0.15, 0.2) is 6.29 Å². The first-order chi connectivity index (χ1) is 8.57. The van der Waals surface area contributed by atoms with E-state index in [1.54, 1.807) is 13.8 Å². The van der Waals surface area contributed by atoms with Crippen LogP contribution >= 0.6 is 0 Å². The summed E-state index contributed by atoms with van der Waals surface area (Å²) in [5, 5.41) is 11.8. The summed E-state index contributed by atoms with van der Waals surface area (Å²) in [6.07, 6.45) is -4.97. The smallest absolute Gasteiger partial charge is 0.368 e. The van der Waals surface area contributed by atoms with Gasteiger partial charge in [-0.05, 0) is 12.8 Å². The number of amides is 1. The van der Waals surface area contributed by atoms with Crippen LogP contribution in [0.5, 0.6) is 0 Å². The van der Waals surface area contributed by atoms with Crippen molar-refractivity contribution in [3.8, 4) is 0 Å². The number of carbonyl (C=O) groups excluding carboxylic acids is 1. The molecule has 4 nitrogen and oxygen atoms in total.